The van der Waals surface area contributed by atoms with Crippen LogP contribution in [0.2, 0.25) is 0 Å². The minimum absolute atomic E-state index is 0.385. The van der Waals surface area contributed by atoms with Gasteiger partial charge < -0.3 is 8.85 Å². The lowest BCUT2D eigenvalue weighted by atomic mass is 10.5. The van der Waals surface area contributed by atoms with E-state index in [-0.39, 0.29) is 9.76 Å². The minimum Gasteiger partial charge on any atom is -0.466 e. The first-order valence-corrected chi connectivity index (χ1v) is 5.82. The summed E-state index contributed by atoms with van der Waals surface area (Å²) in [7, 11) is 2.21. The molecule has 0 aromatic carbocycles. The SMILES string of the molecule is COC(CCS)[SiH2]O[SiH3]. The zero-order chi connectivity index (χ0) is 7.11. The highest BCUT2D eigenvalue weighted by Gasteiger charge is 2.04. The largest absolute Gasteiger partial charge is 0.466 e. The standard InChI is InChI=1S/C4H14O2SSi2/c1-5-4(2-3-7)9-6-8/h4,7H,2-3,9H2,1,8H3. The van der Waals surface area contributed by atoms with E-state index in [1.54, 1.807) is 7.11 Å². The number of hydrogen-bond donors (Lipinski definition) is 1. The first-order valence-electron chi connectivity index (χ1n) is 2.97. The minimum atomic E-state index is -0.385. The molecule has 0 spiro atoms. The van der Waals surface area contributed by atoms with Crippen LogP contribution in [0.5, 0.6) is 0 Å². The van der Waals surface area contributed by atoms with Gasteiger partial charge in [0.05, 0.1) is 5.73 Å². The highest BCUT2D eigenvalue weighted by Crippen LogP contribution is 1.95. The van der Waals surface area contributed by atoms with Crippen molar-refractivity contribution in [3.8, 4) is 0 Å². The maximum absolute atomic E-state index is 5.17. The molecule has 0 aromatic heterocycles. The summed E-state index contributed by atoms with van der Waals surface area (Å²) in [4.78, 5) is 0. The fraction of sp³-hybridized carbons (Fsp3) is 1.00. The lowest BCUT2D eigenvalue weighted by molar-refractivity contribution is 0.154. The molecule has 0 saturated heterocycles. The Hall–Kier alpha value is 0.704. The van der Waals surface area contributed by atoms with E-state index in [4.69, 9.17) is 8.85 Å². The number of methoxy groups -OCH3 is 1. The quantitative estimate of drug-likeness (QED) is 0.419. The van der Waals surface area contributed by atoms with Crippen molar-refractivity contribution >= 4 is 32.9 Å². The molecule has 0 aliphatic rings. The van der Waals surface area contributed by atoms with Crippen LogP contribution in [-0.2, 0) is 8.85 Å². The molecule has 0 bridgehead atoms. The Balaban J connectivity index is 3.18. The smallest absolute Gasteiger partial charge is 0.175 e. The molecular weight excluding hydrogens is 168 g/mol. The predicted molar refractivity (Wildman–Crippen MR) is 48.8 cm³/mol. The van der Waals surface area contributed by atoms with Crippen LogP contribution in [0.25, 0.3) is 0 Å². The summed E-state index contributed by atoms with van der Waals surface area (Å²) >= 11 is 4.10. The molecule has 2 nitrogen and oxygen atoms in total. The van der Waals surface area contributed by atoms with Crippen LogP contribution in [0.15, 0.2) is 0 Å². The van der Waals surface area contributed by atoms with Crippen molar-refractivity contribution in [1.29, 1.82) is 0 Å². The van der Waals surface area contributed by atoms with Gasteiger partial charge in [-0.1, -0.05) is 0 Å². The second-order valence-corrected chi connectivity index (χ2v) is 5.83. The van der Waals surface area contributed by atoms with Crippen LogP contribution in [0.1, 0.15) is 6.42 Å². The van der Waals surface area contributed by atoms with E-state index < -0.39 is 0 Å². The fourth-order valence-corrected chi connectivity index (χ4v) is 3.22. The van der Waals surface area contributed by atoms with Gasteiger partial charge in [0.15, 0.2) is 9.76 Å². The van der Waals surface area contributed by atoms with Gasteiger partial charge in [-0.25, -0.2) is 0 Å². The molecule has 1 atom stereocenters. The summed E-state index contributed by atoms with van der Waals surface area (Å²) in [6, 6.07) is 0. The van der Waals surface area contributed by atoms with Gasteiger partial charge in [0.25, 0.3) is 0 Å². The maximum atomic E-state index is 5.17. The summed E-state index contributed by atoms with van der Waals surface area (Å²) in [6.07, 6.45) is 1.04. The number of thiol groups is 1. The van der Waals surface area contributed by atoms with Gasteiger partial charge >= 0.3 is 0 Å². The molecule has 9 heavy (non-hydrogen) atoms. The Morgan fingerprint density at radius 1 is 1.78 bits per heavy atom. The summed E-state index contributed by atoms with van der Waals surface area (Å²) in [5.74, 6) is 0.899. The zero-order valence-corrected chi connectivity index (χ0v) is 10.3. The van der Waals surface area contributed by atoms with E-state index >= 15 is 0 Å². The Kier molecular flexibility index (Phi) is 7.35. The Morgan fingerprint density at radius 3 is 2.78 bits per heavy atom. The van der Waals surface area contributed by atoms with Crippen LogP contribution in [0.3, 0.4) is 0 Å². The van der Waals surface area contributed by atoms with Crippen molar-refractivity contribution < 1.29 is 8.85 Å². The van der Waals surface area contributed by atoms with Gasteiger partial charge in [-0.3, -0.25) is 0 Å². The molecule has 0 aromatic rings. The van der Waals surface area contributed by atoms with Crippen LogP contribution in [-0.4, -0.2) is 38.8 Å². The normalized spacial score (nSPS) is 15.3. The molecule has 0 fully saturated rings. The number of ether oxygens (including phenoxy) is 1. The van der Waals surface area contributed by atoms with Crippen LogP contribution in [0, 0.1) is 0 Å². The molecule has 0 heterocycles. The summed E-state index contributed by atoms with van der Waals surface area (Å²) < 4.78 is 10.3. The number of rotatable bonds is 5. The molecule has 0 saturated carbocycles. The molecular formula is C4H14O2SSi2. The average Bonchev–Trinajstić information content (AvgIpc) is 1.88. The molecule has 0 rings (SSSR count). The zero-order valence-electron chi connectivity index (χ0n) is 5.96. The van der Waals surface area contributed by atoms with Gasteiger partial charge in [0.1, 0.15) is 10.5 Å². The Bertz CT molecular complexity index is 58.5. The van der Waals surface area contributed by atoms with Crippen LogP contribution < -0.4 is 0 Å². The highest BCUT2D eigenvalue weighted by molar-refractivity contribution is 7.80. The second kappa shape index (κ2) is 6.82. The Morgan fingerprint density at radius 2 is 2.44 bits per heavy atom. The molecule has 5 heteroatoms. The molecule has 56 valence electrons. The molecule has 0 N–H and O–H groups in total. The van der Waals surface area contributed by atoms with Gasteiger partial charge in [0.2, 0.25) is 0 Å². The van der Waals surface area contributed by atoms with Crippen molar-refractivity contribution in [2.75, 3.05) is 12.9 Å². The first-order chi connectivity index (χ1) is 4.35. The van der Waals surface area contributed by atoms with E-state index in [0.29, 0.717) is 5.73 Å². The van der Waals surface area contributed by atoms with Crippen molar-refractivity contribution in [3.05, 3.63) is 0 Å². The van der Waals surface area contributed by atoms with E-state index in [2.05, 4.69) is 12.6 Å². The van der Waals surface area contributed by atoms with Gasteiger partial charge in [-0.15, -0.1) is 0 Å². The van der Waals surface area contributed by atoms with Gasteiger partial charge in [-0.05, 0) is 12.2 Å². The fourth-order valence-electron chi connectivity index (χ4n) is 0.599. The molecule has 1 unspecified atom stereocenters. The average molecular weight is 182 g/mol. The van der Waals surface area contributed by atoms with E-state index in [9.17, 15) is 0 Å². The van der Waals surface area contributed by atoms with Crippen molar-refractivity contribution in [2.45, 2.75) is 12.1 Å². The van der Waals surface area contributed by atoms with E-state index in [0.717, 1.165) is 22.7 Å². The monoisotopic (exact) mass is 182 g/mol. The lowest BCUT2D eigenvalue weighted by Crippen LogP contribution is -2.21. The predicted octanol–water partition coefficient (Wildman–Crippen LogP) is -1.34. The van der Waals surface area contributed by atoms with E-state index in [1.165, 1.54) is 0 Å². The summed E-state index contributed by atoms with van der Waals surface area (Å²) in [5, 5.41) is 0. The van der Waals surface area contributed by atoms with Gasteiger partial charge in [-0.2, -0.15) is 12.6 Å². The maximum Gasteiger partial charge on any atom is 0.175 e. The molecule has 0 aliphatic heterocycles. The van der Waals surface area contributed by atoms with Crippen LogP contribution in [0.4, 0.5) is 0 Å². The third-order valence-electron chi connectivity index (χ3n) is 1.14. The topological polar surface area (TPSA) is 18.5 Å². The van der Waals surface area contributed by atoms with Gasteiger partial charge in [0, 0.05) is 7.11 Å². The van der Waals surface area contributed by atoms with Crippen LogP contribution >= 0.6 is 12.6 Å². The van der Waals surface area contributed by atoms with Crippen molar-refractivity contribution in [3.63, 3.8) is 0 Å². The first kappa shape index (κ1) is 9.70. The third-order valence-corrected chi connectivity index (χ3v) is 3.84. The summed E-state index contributed by atoms with van der Waals surface area (Å²) in [5.41, 5.74) is 0.389. The molecule has 0 amide bonds. The molecule has 0 radical (unpaired) electrons. The lowest BCUT2D eigenvalue weighted by Gasteiger charge is -2.11. The van der Waals surface area contributed by atoms with E-state index in [1.807, 2.05) is 0 Å². The molecule has 0 aliphatic carbocycles. The third kappa shape index (κ3) is 5.16. The highest BCUT2D eigenvalue weighted by atomic mass is 32.1. The second-order valence-electron chi connectivity index (χ2n) is 1.83. The Labute approximate surface area is 67.2 Å². The number of hydrogen-bond acceptors (Lipinski definition) is 3. The summed E-state index contributed by atoms with van der Waals surface area (Å²) in [6.45, 7) is 0. The van der Waals surface area contributed by atoms with Crippen molar-refractivity contribution in [1.82, 2.24) is 0 Å². The van der Waals surface area contributed by atoms with Crippen molar-refractivity contribution in [2.24, 2.45) is 0 Å².